The Kier molecular flexibility index (Phi) is 7.12. The molecule has 0 aliphatic carbocycles. The number of amides is 2. The predicted molar refractivity (Wildman–Crippen MR) is 100 cm³/mol. The molecule has 2 aromatic carbocycles. The first-order chi connectivity index (χ1) is 12.4. The zero-order chi connectivity index (χ0) is 19.1. The third-order valence-electron chi connectivity index (χ3n) is 3.53. The Morgan fingerprint density at radius 3 is 2.31 bits per heavy atom. The summed E-state index contributed by atoms with van der Waals surface area (Å²) in [6.07, 6.45) is 0. The largest absolute Gasteiger partial charge is 0.493 e. The number of hydrogen-bond donors (Lipinski definition) is 2. The number of hydrogen-bond acceptors (Lipinski definition) is 4. The van der Waals surface area contributed by atoms with Crippen LogP contribution in [0.1, 0.15) is 15.9 Å². The molecule has 0 heterocycles. The van der Waals surface area contributed by atoms with Gasteiger partial charge < -0.3 is 20.1 Å². The fraction of sp³-hybridized carbons (Fsp3) is 0.222. The molecule has 2 amide bonds. The Morgan fingerprint density at radius 2 is 1.65 bits per heavy atom. The number of halogens is 2. The van der Waals surface area contributed by atoms with E-state index in [4.69, 9.17) is 32.7 Å². The highest BCUT2D eigenvalue weighted by Gasteiger charge is 2.10. The van der Waals surface area contributed by atoms with Crippen LogP contribution in [0.25, 0.3) is 0 Å². The summed E-state index contributed by atoms with van der Waals surface area (Å²) >= 11 is 11.7. The van der Waals surface area contributed by atoms with Crippen LogP contribution in [0.5, 0.6) is 11.5 Å². The summed E-state index contributed by atoms with van der Waals surface area (Å²) in [6.45, 7) is 0.133. The molecule has 2 rings (SSSR count). The van der Waals surface area contributed by atoms with Gasteiger partial charge in [0.1, 0.15) is 0 Å². The van der Waals surface area contributed by atoms with Gasteiger partial charge in [-0.3, -0.25) is 9.59 Å². The average molecular weight is 397 g/mol. The third kappa shape index (κ3) is 5.28. The first kappa shape index (κ1) is 19.9. The zero-order valence-electron chi connectivity index (χ0n) is 14.3. The number of nitrogens with one attached hydrogen (secondary N) is 2. The van der Waals surface area contributed by atoms with Crippen LogP contribution < -0.4 is 20.1 Å². The molecule has 0 bridgehead atoms. The Labute approximate surface area is 161 Å². The lowest BCUT2D eigenvalue weighted by Crippen LogP contribution is -2.36. The monoisotopic (exact) mass is 396 g/mol. The summed E-state index contributed by atoms with van der Waals surface area (Å²) in [6, 6.07) is 9.84. The second-order valence-corrected chi connectivity index (χ2v) is 6.09. The molecule has 0 aliphatic rings. The number of rotatable bonds is 7. The smallest absolute Gasteiger partial charge is 0.251 e. The van der Waals surface area contributed by atoms with Crippen LogP contribution >= 0.6 is 23.2 Å². The van der Waals surface area contributed by atoms with Crippen molar-refractivity contribution in [3.8, 4) is 11.5 Å². The first-order valence-corrected chi connectivity index (χ1v) is 8.41. The minimum Gasteiger partial charge on any atom is -0.493 e. The molecule has 138 valence electrons. The number of methoxy groups -OCH3 is 2. The Bertz CT molecular complexity index is 812. The lowest BCUT2D eigenvalue weighted by molar-refractivity contribution is -0.120. The Morgan fingerprint density at radius 1 is 0.923 bits per heavy atom. The molecule has 0 saturated heterocycles. The highest BCUT2D eigenvalue weighted by molar-refractivity contribution is 6.42. The van der Waals surface area contributed by atoms with E-state index in [0.717, 1.165) is 5.56 Å². The van der Waals surface area contributed by atoms with Gasteiger partial charge in [-0.1, -0.05) is 29.3 Å². The van der Waals surface area contributed by atoms with E-state index in [-0.39, 0.29) is 17.5 Å². The topological polar surface area (TPSA) is 76.7 Å². The Balaban J connectivity index is 1.85. The molecule has 2 N–H and O–H groups in total. The van der Waals surface area contributed by atoms with Crippen LogP contribution in [0.3, 0.4) is 0 Å². The van der Waals surface area contributed by atoms with Crippen molar-refractivity contribution in [3.63, 3.8) is 0 Å². The van der Waals surface area contributed by atoms with Crippen LogP contribution in [0.4, 0.5) is 0 Å². The molecule has 2 aromatic rings. The van der Waals surface area contributed by atoms with Gasteiger partial charge in [-0.25, -0.2) is 0 Å². The number of carbonyl (C=O) groups excluding carboxylic acids is 2. The molecule has 0 aromatic heterocycles. The van der Waals surface area contributed by atoms with Crippen LogP contribution in [0, 0.1) is 0 Å². The van der Waals surface area contributed by atoms with E-state index in [1.54, 1.807) is 26.4 Å². The van der Waals surface area contributed by atoms with Crippen molar-refractivity contribution in [2.75, 3.05) is 20.8 Å². The minimum absolute atomic E-state index is 0.160. The van der Waals surface area contributed by atoms with E-state index < -0.39 is 5.91 Å². The number of carbonyl (C=O) groups is 2. The van der Waals surface area contributed by atoms with Crippen molar-refractivity contribution in [1.29, 1.82) is 0 Å². The van der Waals surface area contributed by atoms with Crippen molar-refractivity contribution in [2.24, 2.45) is 0 Å². The number of benzene rings is 2. The molecular weight excluding hydrogens is 379 g/mol. The molecule has 6 nitrogen and oxygen atoms in total. The summed E-state index contributed by atoms with van der Waals surface area (Å²) in [4.78, 5) is 23.9. The molecule has 0 saturated carbocycles. The SMILES string of the molecule is COc1ccc(CNC(=O)CNC(=O)c2ccc(Cl)c(Cl)c2)cc1OC. The van der Waals surface area contributed by atoms with Gasteiger partial charge in [0.2, 0.25) is 5.91 Å². The lowest BCUT2D eigenvalue weighted by Gasteiger charge is -2.11. The summed E-state index contributed by atoms with van der Waals surface area (Å²) in [5.41, 5.74) is 1.17. The van der Waals surface area contributed by atoms with Crippen LogP contribution in [0.15, 0.2) is 36.4 Å². The second-order valence-electron chi connectivity index (χ2n) is 5.28. The van der Waals surface area contributed by atoms with Crippen LogP contribution in [-0.4, -0.2) is 32.6 Å². The molecular formula is C18H18Cl2N2O4. The van der Waals surface area contributed by atoms with Crippen LogP contribution in [0.2, 0.25) is 10.0 Å². The molecule has 0 unspecified atom stereocenters. The Hall–Kier alpha value is -2.44. The van der Waals surface area contributed by atoms with Crippen molar-refractivity contribution in [2.45, 2.75) is 6.54 Å². The van der Waals surface area contributed by atoms with Crippen molar-refractivity contribution in [1.82, 2.24) is 10.6 Å². The fourth-order valence-corrected chi connectivity index (χ4v) is 2.45. The van der Waals surface area contributed by atoms with Gasteiger partial charge in [0.25, 0.3) is 5.91 Å². The zero-order valence-corrected chi connectivity index (χ0v) is 15.8. The van der Waals surface area contributed by atoms with E-state index in [0.29, 0.717) is 28.6 Å². The summed E-state index contributed by atoms with van der Waals surface area (Å²) < 4.78 is 10.4. The molecule has 0 spiro atoms. The summed E-state index contributed by atoms with van der Waals surface area (Å²) in [5, 5.41) is 5.88. The van der Waals surface area contributed by atoms with Gasteiger partial charge in [-0.05, 0) is 35.9 Å². The van der Waals surface area contributed by atoms with E-state index in [1.165, 1.54) is 18.2 Å². The maximum Gasteiger partial charge on any atom is 0.251 e. The van der Waals surface area contributed by atoms with Crippen molar-refractivity contribution >= 4 is 35.0 Å². The maximum absolute atomic E-state index is 12.0. The van der Waals surface area contributed by atoms with Gasteiger partial charge in [-0.15, -0.1) is 0 Å². The highest BCUT2D eigenvalue weighted by atomic mass is 35.5. The van der Waals surface area contributed by atoms with Crippen molar-refractivity contribution < 1.29 is 19.1 Å². The van der Waals surface area contributed by atoms with Gasteiger partial charge in [-0.2, -0.15) is 0 Å². The summed E-state index contributed by atoms with van der Waals surface area (Å²) in [7, 11) is 3.09. The molecule has 26 heavy (non-hydrogen) atoms. The van der Waals surface area contributed by atoms with E-state index in [2.05, 4.69) is 10.6 Å². The number of ether oxygens (including phenoxy) is 2. The summed E-state index contributed by atoms with van der Waals surface area (Å²) in [5.74, 6) is 0.446. The van der Waals surface area contributed by atoms with E-state index in [9.17, 15) is 9.59 Å². The van der Waals surface area contributed by atoms with Gasteiger partial charge >= 0.3 is 0 Å². The minimum atomic E-state index is -0.412. The standard InChI is InChI=1S/C18H18Cl2N2O4/c1-25-15-6-3-11(7-16(15)26-2)9-21-17(23)10-22-18(24)12-4-5-13(19)14(20)8-12/h3-8H,9-10H2,1-2H3,(H,21,23)(H,22,24). The first-order valence-electron chi connectivity index (χ1n) is 7.65. The fourth-order valence-electron chi connectivity index (χ4n) is 2.15. The molecule has 0 atom stereocenters. The molecule has 0 fully saturated rings. The molecule has 0 aliphatic heterocycles. The van der Waals surface area contributed by atoms with E-state index >= 15 is 0 Å². The third-order valence-corrected chi connectivity index (χ3v) is 4.27. The highest BCUT2D eigenvalue weighted by Crippen LogP contribution is 2.27. The van der Waals surface area contributed by atoms with Gasteiger partial charge in [0.05, 0.1) is 30.8 Å². The lowest BCUT2D eigenvalue weighted by atomic mass is 10.2. The molecule has 8 heteroatoms. The van der Waals surface area contributed by atoms with Gasteiger partial charge in [0, 0.05) is 12.1 Å². The quantitative estimate of drug-likeness (QED) is 0.753. The normalized spacial score (nSPS) is 10.2. The van der Waals surface area contributed by atoms with Gasteiger partial charge in [0.15, 0.2) is 11.5 Å². The van der Waals surface area contributed by atoms with E-state index in [1.807, 2.05) is 6.07 Å². The van der Waals surface area contributed by atoms with Crippen molar-refractivity contribution in [3.05, 3.63) is 57.6 Å². The second kappa shape index (κ2) is 9.31. The predicted octanol–water partition coefficient (Wildman–Crippen LogP) is 3.06. The molecule has 0 radical (unpaired) electrons. The average Bonchev–Trinajstić information content (AvgIpc) is 2.66. The maximum atomic E-state index is 12.0. The van der Waals surface area contributed by atoms with Crippen LogP contribution in [-0.2, 0) is 11.3 Å².